The first-order chi connectivity index (χ1) is 12.2. The molecule has 0 aliphatic carbocycles. The van der Waals surface area contributed by atoms with Crippen LogP contribution in [0, 0.1) is 5.82 Å². The summed E-state index contributed by atoms with van der Waals surface area (Å²) in [6.07, 6.45) is 3.58. The topological polar surface area (TPSA) is 52.0 Å². The van der Waals surface area contributed by atoms with Gasteiger partial charge in [0.15, 0.2) is 0 Å². The normalized spacial score (nSPS) is 15.9. The van der Waals surface area contributed by atoms with Crippen molar-refractivity contribution in [3.05, 3.63) is 77.9 Å². The van der Waals surface area contributed by atoms with Crippen LogP contribution in [-0.2, 0) is 0 Å². The quantitative estimate of drug-likeness (QED) is 0.786. The number of allylic oxidation sites excluding steroid dienone is 1. The van der Waals surface area contributed by atoms with Gasteiger partial charge in [-0.25, -0.2) is 9.07 Å². The van der Waals surface area contributed by atoms with E-state index < -0.39 is 0 Å². The van der Waals surface area contributed by atoms with Crippen LogP contribution in [0.2, 0.25) is 0 Å². The van der Waals surface area contributed by atoms with Crippen molar-refractivity contribution in [3.8, 4) is 5.75 Å². The van der Waals surface area contributed by atoms with E-state index in [0.717, 1.165) is 22.6 Å². The highest BCUT2D eigenvalue weighted by atomic mass is 19.1. The van der Waals surface area contributed by atoms with Crippen LogP contribution in [0.4, 0.5) is 10.3 Å². The molecule has 126 valence electrons. The van der Waals surface area contributed by atoms with Gasteiger partial charge in [0, 0.05) is 5.70 Å². The van der Waals surface area contributed by atoms with Crippen molar-refractivity contribution < 1.29 is 9.13 Å². The molecule has 5 nitrogen and oxygen atoms in total. The first-order valence-corrected chi connectivity index (χ1v) is 8.11. The third kappa shape index (κ3) is 2.98. The van der Waals surface area contributed by atoms with Crippen LogP contribution >= 0.6 is 0 Å². The molecule has 1 aliphatic heterocycles. The van der Waals surface area contributed by atoms with Crippen LogP contribution in [0.1, 0.15) is 24.1 Å². The number of ether oxygens (including phenoxy) is 1. The van der Waals surface area contributed by atoms with Crippen molar-refractivity contribution in [2.24, 2.45) is 0 Å². The lowest BCUT2D eigenvalue weighted by Crippen LogP contribution is -2.20. The molecular formula is C19H17FN4O. The van der Waals surface area contributed by atoms with Gasteiger partial charge >= 0.3 is 0 Å². The summed E-state index contributed by atoms with van der Waals surface area (Å²) in [6.45, 7) is 2.59. The zero-order valence-corrected chi connectivity index (χ0v) is 13.7. The molecule has 0 amide bonds. The third-order valence-corrected chi connectivity index (χ3v) is 4.10. The summed E-state index contributed by atoms with van der Waals surface area (Å²) in [4.78, 5) is 4.27. The smallest absolute Gasteiger partial charge is 0.226 e. The van der Waals surface area contributed by atoms with Crippen molar-refractivity contribution in [2.45, 2.75) is 13.0 Å². The summed E-state index contributed by atoms with van der Waals surface area (Å²) >= 11 is 0. The summed E-state index contributed by atoms with van der Waals surface area (Å²) in [5, 5.41) is 7.57. The Kier molecular flexibility index (Phi) is 3.93. The van der Waals surface area contributed by atoms with Gasteiger partial charge in [-0.15, -0.1) is 0 Å². The Morgan fingerprint density at radius 3 is 2.60 bits per heavy atom. The lowest BCUT2D eigenvalue weighted by Gasteiger charge is -2.24. The SMILES string of the molecule is CCOc1ccc([C@H]2C=C(c3ccc(F)cc3)Nc3ncnn32)cc1. The van der Waals surface area contributed by atoms with Crippen molar-refractivity contribution in [3.63, 3.8) is 0 Å². The number of fused-ring (bicyclic) bond motifs is 1. The zero-order chi connectivity index (χ0) is 17.2. The van der Waals surface area contributed by atoms with Gasteiger partial charge in [-0.1, -0.05) is 12.1 Å². The Labute approximate surface area is 144 Å². The van der Waals surface area contributed by atoms with Crippen molar-refractivity contribution in [1.29, 1.82) is 0 Å². The second kappa shape index (κ2) is 6.39. The van der Waals surface area contributed by atoms with Gasteiger partial charge < -0.3 is 10.1 Å². The van der Waals surface area contributed by atoms with E-state index in [2.05, 4.69) is 21.5 Å². The van der Waals surface area contributed by atoms with Crippen LogP contribution in [0.25, 0.3) is 5.70 Å². The van der Waals surface area contributed by atoms with Gasteiger partial charge in [0.2, 0.25) is 5.95 Å². The molecule has 3 aromatic rings. The fourth-order valence-corrected chi connectivity index (χ4v) is 2.90. The first kappa shape index (κ1) is 15.4. The molecule has 0 saturated heterocycles. The molecule has 0 unspecified atom stereocenters. The lowest BCUT2D eigenvalue weighted by atomic mass is 10.0. The molecule has 1 atom stereocenters. The molecule has 4 rings (SSSR count). The summed E-state index contributed by atoms with van der Waals surface area (Å²) in [5.41, 5.74) is 2.84. The molecule has 0 saturated carbocycles. The van der Waals surface area contributed by atoms with Crippen LogP contribution < -0.4 is 10.1 Å². The maximum Gasteiger partial charge on any atom is 0.226 e. The molecule has 0 bridgehead atoms. The Bertz CT molecular complexity index is 900. The summed E-state index contributed by atoms with van der Waals surface area (Å²) < 4.78 is 20.5. The highest BCUT2D eigenvalue weighted by Crippen LogP contribution is 2.32. The summed E-state index contributed by atoms with van der Waals surface area (Å²) in [6, 6.07) is 14.2. The first-order valence-electron chi connectivity index (χ1n) is 8.11. The molecule has 25 heavy (non-hydrogen) atoms. The Hall–Kier alpha value is -3.15. The van der Waals surface area contributed by atoms with Crippen molar-refractivity contribution >= 4 is 11.6 Å². The molecule has 1 N–H and O–H groups in total. The molecule has 0 spiro atoms. The fraction of sp³-hybridized carbons (Fsp3) is 0.158. The monoisotopic (exact) mass is 336 g/mol. The van der Waals surface area contributed by atoms with Gasteiger partial charge in [-0.3, -0.25) is 0 Å². The Balaban J connectivity index is 1.73. The van der Waals surface area contributed by atoms with Crippen LogP contribution in [0.5, 0.6) is 5.75 Å². The summed E-state index contributed by atoms with van der Waals surface area (Å²) in [7, 11) is 0. The summed E-state index contributed by atoms with van der Waals surface area (Å²) in [5.74, 6) is 1.23. The number of benzene rings is 2. The number of hydrogen-bond acceptors (Lipinski definition) is 4. The molecular weight excluding hydrogens is 319 g/mol. The van der Waals surface area contributed by atoms with Crippen LogP contribution in [0.3, 0.4) is 0 Å². The second-order valence-electron chi connectivity index (χ2n) is 5.69. The second-order valence-corrected chi connectivity index (χ2v) is 5.69. The Morgan fingerprint density at radius 1 is 1.12 bits per heavy atom. The van der Waals surface area contributed by atoms with E-state index in [1.54, 1.807) is 12.1 Å². The van der Waals surface area contributed by atoms with Gasteiger partial charge in [0.05, 0.1) is 6.61 Å². The minimum absolute atomic E-state index is 0.102. The van der Waals surface area contributed by atoms with E-state index in [0.29, 0.717) is 12.6 Å². The fourth-order valence-electron chi connectivity index (χ4n) is 2.90. The van der Waals surface area contributed by atoms with E-state index >= 15 is 0 Å². The maximum atomic E-state index is 13.2. The van der Waals surface area contributed by atoms with E-state index in [4.69, 9.17) is 4.74 Å². The van der Waals surface area contributed by atoms with Crippen LogP contribution in [-0.4, -0.2) is 21.4 Å². The minimum Gasteiger partial charge on any atom is -0.494 e. The van der Waals surface area contributed by atoms with E-state index in [-0.39, 0.29) is 11.9 Å². The predicted octanol–water partition coefficient (Wildman–Crippen LogP) is 3.87. The van der Waals surface area contributed by atoms with E-state index in [1.165, 1.54) is 18.5 Å². The van der Waals surface area contributed by atoms with Gasteiger partial charge in [-0.2, -0.15) is 10.1 Å². The molecule has 2 aromatic carbocycles. The predicted molar refractivity (Wildman–Crippen MR) is 93.8 cm³/mol. The largest absolute Gasteiger partial charge is 0.494 e. The average molecular weight is 336 g/mol. The zero-order valence-electron chi connectivity index (χ0n) is 13.7. The van der Waals surface area contributed by atoms with Gasteiger partial charge in [-0.05, 0) is 60.5 Å². The Morgan fingerprint density at radius 2 is 1.88 bits per heavy atom. The molecule has 0 fully saturated rings. The van der Waals surface area contributed by atoms with Gasteiger partial charge in [0.25, 0.3) is 0 Å². The lowest BCUT2D eigenvalue weighted by molar-refractivity contribution is 0.340. The minimum atomic E-state index is -0.258. The third-order valence-electron chi connectivity index (χ3n) is 4.10. The van der Waals surface area contributed by atoms with Gasteiger partial charge in [0.1, 0.15) is 23.9 Å². The standard InChI is InChI=1S/C19H17FN4O/c1-2-25-16-9-5-14(6-10-16)18-11-17(13-3-7-15(20)8-4-13)23-19-21-12-22-24(18)19/h3-12,18H,2H2,1H3,(H,21,22,23)/t18-/m1/s1. The molecule has 6 heteroatoms. The number of nitrogens with one attached hydrogen (secondary N) is 1. The number of rotatable bonds is 4. The number of nitrogens with zero attached hydrogens (tertiary/aromatic N) is 3. The van der Waals surface area contributed by atoms with Crippen LogP contribution in [0.15, 0.2) is 60.9 Å². The highest BCUT2D eigenvalue weighted by Gasteiger charge is 2.23. The van der Waals surface area contributed by atoms with Crippen molar-refractivity contribution in [1.82, 2.24) is 14.8 Å². The number of anilines is 1. The molecule has 0 radical (unpaired) electrons. The number of hydrogen-bond donors (Lipinski definition) is 1. The molecule has 2 heterocycles. The number of halogens is 1. The maximum absolute atomic E-state index is 13.2. The van der Waals surface area contributed by atoms with E-state index in [9.17, 15) is 4.39 Å². The molecule has 1 aliphatic rings. The average Bonchev–Trinajstić information content (AvgIpc) is 3.11. The number of aromatic nitrogens is 3. The van der Waals surface area contributed by atoms with Crippen molar-refractivity contribution in [2.75, 3.05) is 11.9 Å². The molecule has 1 aromatic heterocycles. The highest BCUT2D eigenvalue weighted by molar-refractivity contribution is 5.77. The van der Waals surface area contributed by atoms with E-state index in [1.807, 2.05) is 35.9 Å².